The third kappa shape index (κ3) is 3.85. The van der Waals surface area contributed by atoms with E-state index in [1.165, 1.54) is 37.6 Å². The van der Waals surface area contributed by atoms with Crippen molar-refractivity contribution in [2.24, 2.45) is 22.6 Å². The number of aliphatic hydroxyl groups is 4. The molecule has 3 aliphatic rings. The van der Waals surface area contributed by atoms with Crippen LogP contribution in [0.2, 0.25) is 0 Å². The first kappa shape index (κ1) is 32.8. The van der Waals surface area contributed by atoms with E-state index in [2.05, 4.69) is 10.3 Å². The molecular weight excluding hydrogens is 642 g/mol. The molecule has 1 fully saturated rings. The summed E-state index contributed by atoms with van der Waals surface area (Å²) in [4.78, 5) is 47.1. The van der Waals surface area contributed by atoms with Crippen LogP contribution in [0.15, 0.2) is 59.4 Å². The zero-order valence-electron chi connectivity index (χ0n) is 25.7. The Morgan fingerprint density at radius 3 is 2.31 bits per heavy atom. The van der Waals surface area contributed by atoms with Gasteiger partial charge in [0.25, 0.3) is 5.91 Å². The third-order valence-electron chi connectivity index (χ3n) is 9.54. The summed E-state index contributed by atoms with van der Waals surface area (Å²) in [5.41, 5.74) is 8.79. The van der Waals surface area contributed by atoms with Crippen molar-refractivity contribution < 1.29 is 39.9 Å². The van der Waals surface area contributed by atoms with E-state index in [1.54, 1.807) is 6.07 Å². The van der Waals surface area contributed by atoms with Crippen molar-refractivity contribution in [3.8, 4) is 23.1 Å². The molecule has 0 radical (unpaired) electrons. The van der Waals surface area contributed by atoms with Gasteiger partial charge in [0.15, 0.2) is 22.1 Å². The molecule has 0 saturated heterocycles. The average molecular weight is 674 g/mol. The molecular formula is C32H31N7O8S. The summed E-state index contributed by atoms with van der Waals surface area (Å²) >= 11 is 1.27. The number of aliphatic hydroxyl groups excluding tert-OH is 4. The van der Waals surface area contributed by atoms with Gasteiger partial charge in [0.1, 0.15) is 46.1 Å². The van der Waals surface area contributed by atoms with Gasteiger partial charge in [0.05, 0.1) is 34.6 Å². The molecule has 3 aliphatic carbocycles. The predicted octanol–water partition coefficient (Wildman–Crippen LogP) is 0.543. The number of rotatable bonds is 5. The van der Waals surface area contributed by atoms with E-state index in [9.17, 15) is 45.2 Å². The summed E-state index contributed by atoms with van der Waals surface area (Å²) in [6.07, 6.45) is -4.51. The van der Waals surface area contributed by atoms with Crippen molar-refractivity contribution in [3.63, 3.8) is 0 Å². The normalized spacial score (nSPS) is 29.7. The highest BCUT2D eigenvalue weighted by Crippen LogP contribution is 2.61. The van der Waals surface area contributed by atoms with Crippen LogP contribution < -0.4 is 22.5 Å². The lowest BCUT2D eigenvalue weighted by molar-refractivity contribution is -0.158. The average Bonchev–Trinajstić information content (AvgIpc) is 3.39. The molecule has 12 N–H and O–H groups in total. The summed E-state index contributed by atoms with van der Waals surface area (Å²) in [6.45, 7) is 1.86. The highest BCUT2D eigenvalue weighted by Gasteiger charge is 2.79. The molecule has 48 heavy (non-hydrogen) atoms. The Morgan fingerprint density at radius 1 is 1.08 bits per heavy atom. The minimum absolute atomic E-state index is 0.00680. The molecule has 1 saturated carbocycles. The number of aryl methyl sites for hydroxylation is 1. The highest BCUT2D eigenvalue weighted by molar-refractivity contribution is 7.16. The van der Waals surface area contributed by atoms with Crippen LogP contribution in [-0.4, -0.2) is 90.2 Å². The van der Waals surface area contributed by atoms with Gasteiger partial charge in [-0.1, -0.05) is 36.4 Å². The van der Waals surface area contributed by atoms with Crippen molar-refractivity contribution in [1.29, 1.82) is 5.26 Å². The number of nitrogens with two attached hydrogens (primary N) is 3. The molecule has 0 spiro atoms. The molecule has 16 heteroatoms. The maximum atomic E-state index is 14.6. The summed E-state index contributed by atoms with van der Waals surface area (Å²) in [5.74, 6) is -7.37. The smallest absolute Gasteiger partial charge is 0.255 e. The number of phenols is 1. The van der Waals surface area contributed by atoms with E-state index in [1.807, 2.05) is 37.3 Å². The second-order valence-corrected chi connectivity index (χ2v) is 13.4. The Balaban J connectivity index is 1.56. The molecule has 6 rings (SSSR count). The first-order valence-corrected chi connectivity index (χ1v) is 15.3. The lowest BCUT2D eigenvalue weighted by Gasteiger charge is -2.61. The van der Waals surface area contributed by atoms with Crippen molar-refractivity contribution in [2.45, 2.75) is 36.3 Å². The van der Waals surface area contributed by atoms with E-state index in [4.69, 9.17) is 17.2 Å². The van der Waals surface area contributed by atoms with Crippen LogP contribution in [0.3, 0.4) is 0 Å². The standard InChI is InChI=1S/C32H31N7O8S/c1-12-19(13-7-5-4-6-8-13)38-29(48-12)37-15-10-9-14-16(20(15)40)21(41)18-26(45)30(11-33)25(44)17(27(34)46)22(42)23(39(2)3)32(30,36)28(47)31(18,35)24(14)43/h4-10,23-24,28,40-41,43-44,47H,35-36H2,1-3H3,(H2,34,46)(H,37,38)/t23-,24+,28+,30+,31-,32+/m1/s1. The number of likely N-dealkylation sites (N-methyl/N-ethyl adjacent to an activating group) is 1. The molecule has 1 aromatic heterocycles. The number of anilines is 2. The summed E-state index contributed by atoms with van der Waals surface area (Å²) in [7, 11) is 2.60. The highest BCUT2D eigenvalue weighted by atomic mass is 32.1. The number of hydrogen-bond acceptors (Lipinski definition) is 15. The Morgan fingerprint density at radius 2 is 1.73 bits per heavy atom. The minimum atomic E-state index is -3.12. The number of aromatic hydroxyl groups is 1. The van der Waals surface area contributed by atoms with Gasteiger partial charge in [0.2, 0.25) is 0 Å². The monoisotopic (exact) mass is 673 g/mol. The van der Waals surface area contributed by atoms with Crippen molar-refractivity contribution in [3.05, 3.63) is 75.4 Å². The number of carbonyl (C=O) groups is 3. The quantitative estimate of drug-likeness (QED) is 0.132. The number of benzene rings is 2. The lowest BCUT2D eigenvalue weighted by Crippen LogP contribution is -2.87. The van der Waals surface area contributed by atoms with Crippen LogP contribution >= 0.6 is 11.3 Å². The van der Waals surface area contributed by atoms with E-state index in [0.29, 0.717) is 10.8 Å². The van der Waals surface area contributed by atoms with Gasteiger partial charge in [-0.3, -0.25) is 19.3 Å². The van der Waals surface area contributed by atoms with Crippen LogP contribution in [0.1, 0.15) is 22.1 Å². The molecule has 3 aromatic rings. The van der Waals surface area contributed by atoms with E-state index in [0.717, 1.165) is 15.3 Å². The fraction of sp³-hybridized carbons (Fsp3) is 0.281. The van der Waals surface area contributed by atoms with Crippen LogP contribution in [0.4, 0.5) is 10.8 Å². The number of thiazole rings is 1. The van der Waals surface area contributed by atoms with E-state index < -0.39 is 86.2 Å². The fourth-order valence-electron chi connectivity index (χ4n) is 7.34. The molecule has 0 unspecified atom stereocenters. The number of fused-ring (bicyclic) bond motifs is 3. The number of nitriles is 1. The van der Waals surface area contributed by atoms with Gasteiger partial charge in [-0.25, -0.2) is 4.98 Å². The van der Waals surface area contributed by atoms with Crippen LogP contribution in [-0.2, 0) is 14.4 Å². The van der Waals surface area contributed by atoms with E-state index >= 15 is 0 Å². The van der Waals surface area contributed by atoms with Gasteiger partial charge >= 0.3 is 0 Å². The van der Waals surface area contributed by atoms with Gasteiger partial charge in [0, 0.05) is 10.4 Å². The molecule has 2 aromatic carbocycles. The lowest BCUT2D eigenvalue weighted by atomic mass is 9.45. The largest absolute Gasteiger partial charge is 0.509 e. The number of aromatic nitrogens is 1. The summed E-state index contributed by atoms with van der Waals surface area (Å²) in [5, 5.41) is 72.1. The molecule has 15 nitrogen and oxygen atoms in total. The number of phenolic OH excluding ortho intramolecular Hbond substituents is 1. The van der Waals surface area contributed by atoms with Gasteiger partial charge in [-0.15, -0.1) is 11.3 Å². The van der Waals surface area contributed by atoms with Crippen LogP contribution in [0.25, 0.3) is 17.0 Å². The number of Topliss-reactive ketones (excluding diaryl/α,β-unsaturated/α-hetero) is 2. The molecule has 6 atom stereocenters. The third-order valence-corrected chi connectivity index (χ3v) is 10.4. The molecule has 1 heterocycles. The van der Waals surface area contributed by atoms with Crippen LogP contribution in [0.5, 0.6) is 5.75 Å². The number of amides is 1. The van der Waals surface area contributed by atoms with Crippen molar-refractivity contribution in [2.75, 3.05) is 19.4 Å². The van der Waals surface area contributed by atoms with Gasteiger partial charge < -0.3 is 48.1 Å². The number of carbonyl (C=O) groups excluding carboxylic acids is 3. The SMILES string of the molecule is Cc1sc(Nc2ccc3c(c2O)C(O)=C2C(=O)[C@]4(C#N)C(O)=C(C(N)=O)C(=O)[C@@H](N(C)C)[C@]4(N)[C@@H](O)[C@]2(N)[C@H]3O)nc1-c1ccccc1. The summed E-state index contributed by atoms with van der Waals surface area (Å²) in [6, 6.07) is 11.7. The maximum Gasteiger partial charge on any atom is 0.255 e. The molecule has 0 aliphatic heterocycles. The van der Waals surface area contributed by atoms with Crippen LogP contribution in [0, 0.1) is 23.7 Å². The second kappa shape index (κ2) is 10.7. The first-order valence-electron chi connectivity index (χ1n) is 14.5. The molecule has 1 amide bonds. The Bertz CT molecular complexity index is 2050. The first-order chi connectivity index (χ1) is 22.5. The zero-order valence-corrected chi connectivity index (χ0v) is 26.5. The predicted molar refractivity (Wildman–Crippen MR) is 172 cm³/mol. The van der Waals surface area contributed by atoms with Crippen molar-refractivity contribution >= 4 is 45.4 Å². The number of nitrogens with zero attached hydrogens (tertiary/aromatic N) is 3. The van der Waals surface area contributed by atoms with E-state index in [-0.39, 0.29) is 11.3 Å². The topological polar surface area (TPSA) is 282 Å². The Kier molecular flexibility index (Phi) is 7.30. The summed E-state index contributed by atoms with van der Waals surface area (Å²) < 4.78 is 0. The maximum absolute atomic E-state index is 14.6. The molecule has 0 bridgehead atoms. The Labute approximate surface area is 276 Å². The Hall–Kier alpha value is -5.15. The molecule has 248 valence electrons. The zero-order chi connectivity index (χ0) is 35.2. The number of nitrogens with one attached hydrogen (secondary N) is 1. The minimum Gasteiger partial charge on any atom is -0.509 e. The van der Waals surface area contributed by atoms with Gasteiger partial charge in [-0.2, -0.15) is 5.26 Å². The number of ketones is 2. The van der Waals surface area contributed by atoms with Crippen molar-refractivity contribution in [1.82, 2.24) is 9.88 Å². The second-order valence-electron chi connectivity index (χ2n) is 12.2. The van der Waals surface area contributed by atoms with Gasteiger partial charge in [-0.05, 0) is 32.6 Å². The number of hydrogen-bond donors (Lipinski definition) is 9. The number of primary amides is 1. The fourth-order valence-corrected chi connectivity index (χ4v) is 8.19.